The van der Waals surface area contributed by atoms with Gasteiger partial charge in [0.1, 0.15) is 0 Å². The molecule has 1 aromatic carbocycles. The fourth-order valence-corrected chi connectivity index (χ4v) is 4.75. The minimum atomic E-state index is -0.209. The van der Waals surface area contributed by atoms with E-state index in [-0.39, 0.29) is 17.7 Å². The number of anilines is 1. The van der Waals surface area contributed by atoms with Crippen LogP contribution in [-0.4, -0.2) is 41.9 Å². The van der Waals surface area contributed by atoms with Crippen molar-refractivity contribution in [2.24, 2.45) is 11.7 Å². The van der Waals surface area contributed by atoms with Gasteiger partial charge in [-0.2, -0.15) is 0 Å². The third kappa shape index (κ3) is 4.12. The maximum Gasteiger partial charge on any atom is 0.254 e. The number of benzene rings is 1. The lowest BCUT2D eigenvalue weighted by molar-refractivity contribution is -0.122. The maximum atomic E-state index is 13.2. The van der Waals surface area contributed by atoms with Gasteiger partial charge < -0.3 is 15.5 Å². The Morgan fingerprint density at radius 3 is 2.19 bits per heavy atom. The number of primary amides is 1. The van der Waals surface area contributed by atoms with E-state index in [9.17, 15) is 9.59 Å². The monoisotopic (exact) mass is 369 g/mol. The number of rotatable bonds is 5. The zero-order valence-corrected chi connectivity index (χ0v) is 16.1. The molecule has 2 aliphatic carbocycles. The van der Waals surface area contributed by atoms with E-state index in [1.54, 1.807) is 0 Å². The molecule has 0 unspecified atom stereocenters. The molecule has 0 bridgehead atoms. The topological polar surface area (TPSA) is 66.6 Å². The minimum Gasteiger partial charge on any atom is -0.371 e. The summed E-state index contributed by atoms with van der Waals surface area (Å²) >= 11 is 0. The van der Waals surface area contributed by atoms with E-state index in [1.165, 1.54) is 19.3 Å². The van der Waals surface area contributed by atoms with Gasteiger partial charge in [-0.15, -0.1) is 0 Å². The fourth-order valence-electron chi connectivity index (χ4n) is 4.75. The summed E-state index contributed by atoms with van der Waals surface area (Å²) in [5.74, 6) is -0.0830. The predicted octanol–water partition coefficient (Wildman–Crippen LogP) is 3.33. The van der Waals surface area contributed by atoms with Crippen molar-refractivity contribution in [1.29, 1.82) is 0 Å². The lowest BCUT2D eigenvalue weighted by Crippen LogP contribution is -2.43. The average Bonchev–Trinajstić information content (AvgIpc) is 3.54. The minimum absolute atomic E-state index is 0.0725. The summed E-state index contributed by atoms with van der Waals surface area (Å²) in [5, 5.41) is 0. The molecule has 1 heterocycles. The third-order valence-corrected chi connectivity index (χ3v) is 6.45. The van der Waals surface area contributed by atoms with E-state index in [2.05, 4.69) is 9.80 Å². The molecule has 5 heteroatoms. The third-order valence-electron chi connectivity index (χ3n) is 6.45. The van der Waals surface area contributed by atoms with Gasteiger partial charge in [-0.1, -0.05) is 19.3 Å². The maximum absolute atomic E-state index is 13.2. The number of hydrogen-bond donors (Lipinski definition) is 1. The van der Waals surface area contributed by atoms with Gasteiger partial charge in [-0.3, -0.25) is 9.59 Å². The first-order valence-corrected chi connectivity index (χ1v) is 10.6. The zero-order valence-electron chi connectivity index (χ0n) is 16.1. The first kappa shape index (κ1) is 18.3. The molecule has 1 saturated heterocycles. The number of nitrogens with two attached hydrogens (primary N) is 1. The van der Waals surface area contributed by atoms with Crippen molar-refractivity contribution >= 4 is 17.5 Å². The first-order chi connectivity index (χ1) is 13.1. The van der Waals surface area contributed by atoms with Crippen LogP contribution >= 0.6 is 0 Å². The number of amides is 2. The van der Waals surface area contributed by atoms with Crippen molar-refractivity contribution in [1.82, 2.24) is 4.90 Å². The Morgan fingerprint density at radius 2 is 1.56 bits per heavy atom. The molecule has 0 aromatic heterocycles. The summed E-state index contributed by atoms with van der Waals surface area (Å²) < 4.78 is 0. The molecule has 1 aliphatic heterocycles. The SMILES string of the molecule is NC(=O)[C@H]1CCCN(c2ccc(C(=O)N(C3CCCCC3)C3CC3)cc2)C1. The van der Waals surface area contributed by atoms with Crippen molar-refractivity contribution in [2.75, 3.05) is 18.0 Å². The second kappa shape index (κ2) is 7.91. The smallest absolute Gasteiger partial charge is 0.254 e. The summed E-state index contributed by atoms with van der Waals surface area (Å²) in [5.41, 5.74) is 7.36. The molecule has 146 valence electrons. The van der Waals surface area contributed by atoms with Crippen LogP contribution in [0.15, 0.2) is 24.3 Å². The summed E-state index contributed by atoms with van der Waals surface area (Å²) in [6, 6.07) is 8.87. The lowest BCUT2D eigenvalue weighted by atomic mass is 9.93. The van der Waals surface area contributed by atoms with Crippen molar-refractivity contribution in [2.45, 2.75) is 69.9 Å². The highest BCUT2D eigenvalue weighted by molar-refractivity contribution is 5.95. The Hall–Kier alpha value is -2.04. The average molecular weight is 370 g/mol. The Kier molecular flexibility index (Phi) is 5.37. The van der Waals surface area contributed by atoms with E-state index < -0.39 is 0 Å². The molecule has 3 aliphatic rings. The summed E-state index contributed by atoms with van der Waals surface area (Å²) in [6.07, 6.45) is 10.3. The van der Waals surface area contributed by atoms with Gasteiger partial charge in [0.25, 0.3) is 5.91 Å². The summed E-state index contributed by atoms with van der Waals surface area (Å²) in [4.78, 5) is 29.1. The number of carbonyl (C=O) groups excluding carboxylic acids is 2. The van der Waals surface area contributed by atoms with Gasteiger partial charge in [0, 0.05) is 36.4 Å². The van der Waals surface area contributed by atoms with Crippen LogP contribution in [-0.2, 0) is 4.79 Å². The largest absolute Gasteiger partial charge is 0.371 e. The molecular weight excluding hydrogens is 338 g/mol. The van der Waals surface area contributed by atoms with Crippen LogP contribution in [0.3, 0.4) is 0 Å². The van der Waals surface area contributed by atoms with E-state index in [0.717, 1.165) is 56.3 Å². The van der Waals surface area contributed by atoms with E-state index >= 15 is 0 Å². The highest BCUT2D eigenvalue weighted by atomic mass is 16.2. The number of nitrogens with zero attached hydrogens (tertiary/aromatic N) is 2. The molecule has 2 saturated carbocycles. The van der Waals surface area contributed by atoms with Crippen LogP contribution in [0.2, 0.25) is 0 Å². The Labute approximate surface area is 161 Å². The molecule has 5 nitrogen and oxygen atoms in total. The molecule has 2 amide bonds. The van der Waals surface area contributed by atoms with Crippen LogP contribution in [0, 0.1) is 5.92 Å². The highest BCUT2D eigenvalue weighted by Gasteiger charge is 2.38. The molecule has 1 aromatic rings. The second-order valence-corrected chi connectivity index (χ2v) is 8.47. The molecule has 4 rings (SSSR count). The van der Waals surface area contributed by atoms with Gasteiger partial charge >= 0.3 is 0 Å². The number of hydrogen-bond acceptors (Lipinski definition) is 3. The predicted molar refractivity (Wildman–Crippen MR) is 107 cm³/mol. The molecule has 2 N–H and O–H groups in total. The number of carbonyl (C=O) groups is 2. The van der Waals surface area contributed by atoms with Crippen LogP contribution in [0.1, 0.15) is 68.1 Å². The van der Waals surface area contributed by atoms with Crippen LogP contribution in [0.5, 0.6) is 0 Å². The fraction of sp³-hybridized carbons (Fsp3) is 0.636. The quantitative estimate of drug-likeness (QED) is 0.866. The Balaban J connectivity index is 1.46. The van der Waals surface area contributed by atoms with Crippen molar-refractivity contribution in [3.63, 3.8) is 0 Å². The molecule has 1 atom stereocenters. The van der Waals surface area contributed by atoms with Crippen LogP contribution < -0.4 is 10.6 Å². The molecule has 27 heavy (non-hydrogen) atoms. The second-order valence-electron chi connectivity index (χ2n) is 8.47. The lowest BCUT2D eigenvalue weighted by Gasteiger charge is -2.35. The first-order valence-electron chi connectivity index (χ1n) is 10.6. The van der Waals surface area contributed by atoms with Gasteiger partial charge in [-0.05, 0) is 62.8 Å². The van der Waals surface area contributed by atoms with E-state index in [1.807, 2.05) is 24.3 Å². The zero-order chi connectivity index (χ0) is 18.8. The van der Waals surface area contributed by atoms with Crippen LogP contribution in [0.25, 0.3) is 0 Å². The Morgan fingerprint density at radius 1 is 0.889 bits per heavy atom. The number of piperidine rings is 1. The van der Waals surface area contributed by atoms with Gasteiger partial charge in [0.05, 0.1) is 5.92 Å². The van der Waals surface area contributed by atoms with E-state index in [4.69, 9.17) is 5.73 Å². The van der Waals surface area contributed by atoms with Crippen molar-refractivity contribution < 1.29 is 9.59 Å². The van der Waals surface area contributed by atoms with Gasteiger partial charge in [0.2, 0.25) is 5.91 Å². The Bertz CT molecular complexity index is 677. The van der Waals surface area contributed by atoms with E-state index in [0.29, 0.717) is 18.6 Å². The molecule has 0 radical (unpaired) electrons. The molecular formula is C22H31N3O2. The standard InChI is InChI=1S/C22H31N3O2/c23-21(26)17-5-4-14-24(15-17)18-10-8-16(9-11-18)22(27)25(20-12-13-20)19-6-2-1-3-7-19/h8-11,17,19-20H,1-7,12-15H2,(H2,23,26)/t17-/m0/s1. The molecule has 0 spiro atoms. The van der Waals surface area contributed by atoms with Crippen molar-refractivity contribution in [3.05, 3.63) is 29.8 Å². The van der Waals surface area contributed by atoms with Gasteiger partial charge in [-0.25, -0.2) is 0 Å². The molecule has 3 fully saturated rings. The summed E-state index contributed by atoms with van der Waals surface area (Å²) in [7, 11) is 0. The normalized spacial score (nSPS) is 23.9. The highest BCUT2D eigenvalue weighted by Crippen LogP contribution is 2.35. The van der Waals surface area contributed by atoms with Crippen molar-refractivity contribution in [3.8, 4) is 0 Å². The van der Waals surface area contributed by atoms with Gasteiger partial charge in [0.15, 0.2) is 0 Å². The summed E-state index contributed by atoms with van der Waals surface area (Å²) in [6.45, 7) is 1.62. The van der Waals surface area contributed by atoms with Crippen LogP contribution in [0.4, 0.5) is 5.69 Å².